The normalized spacial score (nSPS) is 10.8. The van der Waals surface area contributed by atoms with Crippen LogP contribution < -0.4 is 18.9 Å². The van der Waals surface area contributed by atoms with Gasteiger partial charge in [0.2, 0.25) is 0 Å². The fraction of sp³-hybridized carbons (Fsp3) is 0.180. The van der Waals surface area contributed by atoms with Gasteiger partial charge < -0.3 is 24.1 Å². The zero-order valence-corrected chi connectivity index (χ0v) is 40.1. The smallest absolute Gasteiger partial charge is 0.335 e. The summed E-state index contributed by atoms with van der Waals surface area (Å²) in [5, 5.41) is 9.06. The molecule has 70 heavy (non-hydrogen) atoms. The molecule has 0 unspecified atom stereocenters. The van der Waals surface area contributed by atoms with E-state index in [9.17, 15) is 9.59 Å². The highest BCUT2D eigenvalue weighted by molar-refractivity contribution is 5.94. The quantitative estimate of drug-likeness (QED) is 0.0666. The molecule has 0 aliphatic carbocycles. The van der Waals surface area contributed by atoms with E-state index in [1.807, 2.05) is 98.0 Å². The average molecular weight is 933 g/mol. The van der Waals surface area contributed by atoms with Gasteiger partial charge in [-0.15, -0.1) is 0 Å². The minimum Gasteiger partial charge on any atom is -0.492 e. The molecule has 8 rings (SSSR count). The lowest BCUT2D eigenvalue weighted by molar-refractivity contribution is 0.0696. The summed E-state index contributed by atoms with van der Waals surface area (Å²) in [6.45, 7) is 5.69. The molecule has 0 aliphatic rings. The first-order valence-electron chi connectivity index (χ1n) is 23.5. The molecule has 0 saturated heterocycles. The number of carboxylic acids is 1. The molecule has 0 radical (unpaired) electrons. The van der Waals surface area contributed by atoms with Crippen LogP contribution >= 0.6 is 0 Å². The van der Waals surface area contributed by atoms with Crippen molar-refractivity contribution in [1.29, 1.82) is 0 Å². The standard InChI is InChI=1S/C31H31NO3.C30H29NO4/c1-24(33)27-12-8-13-30(22-27)35-31-14-7-6-11-28(31)23-32(2)19-20-34-29-17-15-26(16-18-29)21-25-9-4-3-5-10-25;1-31(19-20-34-27-15-11-24(12-16-27)21-23-7-3-2-4-8-23)22-26-9-5-6-10-29(26)35-28-17-13-25(14-18-28)30(32)33/h3-18,22H,19-21,23H2,1-2H3;2-18H,19-22H2,1H3,(H,32,33). The lowest BCUT2D eigenvalue weighted by Crippen LogP contribution is -2.24. The van der Waals surface area contributed by atoms with E-state index in [0.717, 1.165) is 66.6 Å². The maximum absolute atomic E-state index is 11.7. The molecule has 0 aromatic heterocycles. The number of hydrogen-bond acceptors (Lipinski definition) is 8. The fourth-order valence-electron chi connectivity index (χ4n) is 7.61. The van der Waals surface area contributed by atoms with Crippen molar-refractivity contribution in [2.75, 3.05) is 40.4 Å². The van der Waals surface area contributed by atoms with E-state index < -0.39 is 5.97 Å². The molecule has 0 heterocycles. The Kier molecular flexibility index (Phi) is 18.5. The summed E-state index contributed by atoms with van der Waals surface area (Å²) in [5.41, 5.74) is 8.12. The van der Waals surface area contributed by atoms with E-state index in [2.05, 4.69) is 95.7 Å². The summed E-state index contributed by atoms with van der Waals surface area (Å²) in [7, 11) is 4.12. The third-order valence-electron chi connectivity index (χ3n) is 11.5. The Morgan fingerprint density at radius 3 is 1.30 bits per heavy atom. The molecule has 0 saturated carbocycles. The SMILES string of the molecule is CC(=O)c1cccc(Oc2ccccc2CN(C)CCOc2ccc(Cc3ccccc3)cc2)c1.CN(CCOc1ccc(Cc2ccccc2)cc1)Cc1ccccc1Oc1ccc(C(=O)O)cc1. The molecular weight excluding hydrogens is 873 g/mol. The third-order valence-corrected chi connectivity index (χ3v) is 11.5. The van der Waals surface area contributed by atoms with Gasteiger partial charge in [-0.3, -0.25) is 14.6 Å². The van der Waals surface area contributed by atoms with Crippen LogP contribution in [-0.4, -0.2) is 67.1 Å². The zero-order valence-electron chi connectivity index (χ0n) is 40.1. The Bertz CT molecular complexity index is 2850. The van der Waals surface area contributed by atoms with E-state index in [1.165, 1.54) is 34.4 Å². The van der Waals surface area contributed by atoms with E-state index in [1.54, 1.807) is 31.2 Å². The number of Topliss-reactive ketones (excluding diaryl/α,β-unsaturated/α-hetero) is 1. The van der Waals surface area contributed by atoms with Gasteiger partial charge >= 0.3 is 5.97 Å². The number of rotatable bonds is 22. The van der Waals surface area contributed by atoms with Gasteiger partial charge in [0.05, 0.1) is 5.56 Å². The van der Waals surface area contributed by atoms with Gasteiger partial charge in [-0.05, 0) is 129 Å². The number of nitrogens with zero attached hydrogens (tertiary/aromatic N) is 2. The highest BCUT2D eigenvalue weighted by atomic mass is 16.5. The van der Waals surface area contributed by atoms with Crippen molar-refractivity contribution in [3.05, 3.63) is 251 Å². The second-order valence-corrected chi connectivity index (χ2v) is 17.1. The molecule has 0 atom stereocenters. The summed E-state index contributed by atoms with van der Waals surface area (Å²) in [4.78, 5) is 27.1. The highest BCUT2D eigenvalue weighted by Crippen LogP contribution is 2.29. The number of carbonyl (C=O) groups is 2. The van der Waals surface area contributed by atoms with Crippen LogP contribution in [0.4, 0.5) is 0 Å². The van der Waals surface area contributed by atoms with Gasteiger partial charge in [0, 0.05) is 42.9 Å². The Balaban J connectivity index is 0.000000206. The number of ketones is 1. The van der Waals surface area contributed by atoms with Crippen molar-refractivity contribution in [3.8, 4) is 34.5 Å². The molecule has 8 aromatic carbocycles. The molecule has 8 aromatic rings. The number of carbonyl (C=O) groups excluding carboxylic acids is 1. The number of para-hydroxylation sites is 2. The van der Waals surface area contributed by atoms with Gasteiger partial charge in [-0.1, -0.05) is 133 Å². The molecule has 9 nitrogen and oxygen atoms in total. The molecule has 0 aliphatic heterocycles. The van der Waals surface area contributed by atoms with Crippen molar-refractivity contribution in [2.45, 2.75) is 32.9 Å². The van der Waals surface area contributed by atoms with Gasteiger partial charge in [0.15, 0.2) is 5.78 Å². The van der Waals surface area contributed by atoms with E-state index >= 15 is 0 Å². The van der Waals surface area contributed by atoms with Gasteiger partial charge in [0.25, 0.3) is 0 Å². The number of hydrogen-bond donors (Lipinski definition) is 1. The predicted octanol–water partition coefficient (Wildman–Crippen LogP) is 13.1. The first-order valence-corrected chi connectivity index (χ1v) is 23.5. The molecule has 9 heteroatoms. The molecule has 0 bridgehead atoms. The van der Waals surface area contributed by atoms with Gasteiger partial charge in [0.1, 0.15) is 47.7 Å². The molecule has 356 valence electrons. The van der Waals surface area contributed by atoms with Crippen molar-refractivity contribution in [2.24, 2.45) is 0 Å². The first-order chi connectivity index (χ1) is 34.1. The highest BCUT2D eigenvalue weighted by Gasteiger charge is 2.12. The first kappa shape index (κ1) is 49.9. The van der Waals surface area contributed by atoms with Crippen molar-refractivity contribution in [3.63, 3.8) is 0 Å². The largest absolute Gasteiger partial charge is 0.492 e. The van der Waals surface area contributed by atoms with E-state index in [4.69, 9.17) is 24.1 Å². The molecular formula is C61H60N2O7. The topological polar surface area (TPSA) is 97.8 Å². The summed E-state index contributed by atoms with van der Waals surface area (Å²) < 4.78 is 24.1. The second kappa shape index (κ2) is 26.0. The monoisotopic (exact) mass is 932 g/mol. The minimum absolute atomic E-state index is 0.0225. The van der Waals surface area contributed by atoms with Crippen LogP contribution in [0.1, 0.15) is 61.0 Å². The van der Waals surface area contributed by atoms with E-state index in [-0.39, 0.29) is 11.3 Å². The van der Waals surface area contributed by atoms with Crippen LogP contribution in [0.25, 0.3) is 0 Å². The lowest BCUT2D eigenvalue weighted by Gasteiger charge is -2.19. The van der Waals surface area contributed by atoms with Crippen LogP contribution in [0.2, 0.25) is 0 Å². The second-order valence-electron chi connectivity index (χ2n) is 17.1. The summed E-state index contributed by atoms with van der Waals surface area (Å²) in [5.74, 6) is 3.61. The summed E-state index contributed by atoms with van der Waals surface area (Å²) in [6, 6.07) is 67.0. The molecule has 0 amide bonds. The molecule has 1 N–H and O–H groups in total. The van der Waals surface area contributed by atoms with Crippen molar-refractivity contribution < 1.29 is 33.6 Å². The van der Waals surface area contributed by atoms with Crippen molar-refractivity contribution >= 4 is 11.8 Å². The number of likely N-dealkylation sites (N-methyl/N-ethyl adjacent to an activating group) is 2. The Hall–Kier alpha value is -7.98. The number of aromatic carboxylic acids is 1. The predicted molar refractivity (Wildman–Crippen MR) is 278 cm³/mol. The van der Waals surface area contributed by atoms with Crippen LogP contribution in [0.3, 0.4) is 0 Å². The third kappa shape index (κ3) is 16.1. The van der Waals surface area contributed by atoms with Gasteiger partial charge in [-0.2, -0.15) is 0 Å². The minimum atomic E-state index is -0.955. The fourth-order valence-corrected chi connectivity index (χ4v) is 7.61. The van der Waals surface area contributed by atoms with E-state index in [0.29, 0.717) is 36.8 Å². The zero-order chi connectivity index (χ0) is 48.9. The Morgan fingerprint density at radius 2 is 0.843 bits per heavy atom. The number of benzene rings is 8. The van der Waals surface area contributed by atoms with Gasteiger partial charge in [-0.25, -0.2) is 4.79 Å². The molecule has 0 fully saturated rings. The van der Waals surface area contributed by atoms with Crippen molar-refractivity contribution in [1.82, 2.24) is 9.80 Å². The maximum Gasteiger partial charge on any atom is 0.335 e. The lowest BCUT2D eigenvalue weighted by atomic mass is 10.1. The maximum atomic E-state index is 11.7. The summed E-state index contributed by atoms with van der Waals surface area (Å²) in [6.07, 6.45) is 1.83. The molecule has 0 spiro atoms. The van der Waals surface area contributed by atoms with Crippen LogP contribution in [0, 0.1) is 0 Å². The number of ether oxygens (including phenoxy) is 4. The Morgan fingerprint density at radius 1 is 0.429 bits per heavy atom. The average Bonchev–Trinajstić information content (AvgIpc) is 3.37. The van der Waals surface area contributed by atoms with Crippen LogP contribution in [0.15, 0.2) is 206 Å². The Labute approximate surface area is 412 Å². The number of carboxylic acid groups (broad SMARTS) is 1. The van der Waals surface area contributed by atoms with Crippen LogP contribution in [0.5, 0.6) is 34.5 Å². The summed E-state index contributed by atoms with van der Waals surface area (Å²) >= 11 is 0. The van der Waals surface area contributed by atoms with Crippen LogP contribution in [-0.2, 0) is 25.9 Å².